The fourth-order valence-electron chi connectivity index (χ4n) is 4.18. The van der Waals surface area contributed by atoms with Crippen LogP contribution in [0.5, 0.6) is 0 Å². The second-order valence-corrected chi connectivity index (χ2v) is 10.8. The summed E-state index contributed by atoms with van der Waals surface area (Å²) < 4.78 is 0. The standard InChI is InChI=1S/C29H27N5OS2/c1-3-4-16-31-23-15-14-22(17-21(23)18-30)32-29-34(19-20-10-6-5-7-11-20)27(35)26(37-29)28-33(2)24-12-8-9-13-25(24)36-28/h5-15,17,31H,3-4,16,19H2,1-2H3/b28-26+,32-29?. The van der Waals surface area contributed by atoms with Crippen molar-refractivity contribution < 1.29 is 4.79 Å². The zero-order chi connectivity index (χ0) is 25.8. The molecule has 0 spiro atoms. The van der Waals surface area contributed by atoms with Crippen molar-refractivity contribution in [2.24, 2.45) is 4.99 Å². The Morgan fingerprint density at radius 2 is 1.81 bits per heavy atom. The number of amides is 1. The molecule has 5 rings (SSSR count). The first-order valence-electron chi connectivity index (χ1n) is 12.2. The van der Waals surface area contributed by atoms with E-state index in [1.165, 1.54) is 11.8 Å². The van der Waals surface area contributed by atoms with E-state index in [-0.39, 0.29) is 5.91 Å². The summed E-state index contributed by atoms with van der Waals surface area (Å²) in [5.74, 6) is -0.0619. The molecular weight excluding hydrogens is 498 g/mol. The summed E-state index contributed by atoms with van der Waals surface area (Å²) in [6, 6.07) is 25.9. The minimum atomic E-state index is -0.0619. The Morgan fingerprint density at radius 3 is 2.57 bits per heavy atom. The third kappa shape index (κ3) is 5.24. The number of hydrogen-bond donors (Lipinski definition) is 1. The van der Waals surface area contributed by atoms with E-state index in [4.69, 9.17) is 4.99 Å². The number of nitriles is 1. The van der Waals surface area contributed by atoms with Crippen LogP contribution < -0.4 is 10.2 Å². The van der Waals surface area contributed by atoms with Gasteiger partial charge >= 0.3 is 0 Å². The van der Waals surface area contributed by atoms with Crippen LogP contribution in [0.15, 0.2) is 92.6 Å². The number of hydrogen-bond acceptors (Lipinski definition) is 7. The molecule has 8 heteroatoms. The van der Waals surface area contributed by atoms with E-state index in [0.29, 0.717) is 27.9 Å². The van der Waals surface area contributed by atoms with Gasteiger partial charge in [-0.1, -0.05) is 67.6 Å². The number of rotatable bonds is 7. The average molecular weight is 526 g/mol. The van der Waals surface area contributed by atoms with Crippen LogP contribution in [0.4, 0.5) is 17.1 Å². The number of amidine groups is 1. The molecule has 1 N–H and O–H groups in total. The molecular formula is C29H27N5OS2. The van der Waals surface area contributed by atoms with E-state index in [9.17, 15) is 10.1 Å². The van der Waals surface area contributed by atoms with Crippen LogP contribution in [0, 0.1) is 11.3 Å². The van der Waals surface area contributed by atoms with Crippen molar-refractivity contribution in [2.75, 3.05) is 23.8 Å². The highest BCUT2D eigenvalue weighted by Crippen LogP contribution is 2.50. The highest BCUT2D eigenvalue weighted by atomic mass is 32.2. The predicted octanol–water partition coefficient (Wildman–Crippen LogP) is 6.94. The van der Waals surface area contributed by atoms with Gasteiger partial charge in [0.25, 0.3) is 5.91 Å². The molecule has 2 aliphatic heterocycles. The molecule has 1 saturated heterocycles. The average Bonchev–Trinajstić information content (AvgIpc) is 3.41. The van der Waals surface area contributed by atoms with Crippen LogP contribution >= 0.6 is 23.5 Å². The van der Waals surface area contributed by atoms with Crippen molar-refractivity contribution in [2.45, 2.75) is 31.2 Å². The maximum absolute atomic E-state index is 13.8. The van der Waals surface area contributed by atoms with Crippen molar-refractivity contribution in [1.29, 1.82) is 5.26 Å². The molecule has 2 heterocycles. The smallest absolute Gasteiger partial charge is 0.269 e. The van der Waals surface area contributed by atoms with Gasteiger partial charge in [-0.3, -0.25) is 9.69 Å². The summed E-state index contributed by atoms with van der Waals surface area (Å²) >= 11 is 3.00. The molecule has 0 radical (unpaired) electrons. The highest BCUT2D eigenvalue weighted by Gasteiger charge is 2.39. The van der Waals surface area contributed by atoms with Gasteiger partial charge < -0.3 is 10.2 Å². The first-order chi connectivity index (χ1) is 18.1. The Bertz CT molecular complexity index is 1430. The minimum Gasteiger partial charge on any atom is -0.384 e. The Morgan fingerprint density at radius 1 is 1.03 bits per heavy atom. The number of unbranched alkanes of at least 4 members (excludes halogenated alkanes) is 1. The number of nitrogens with zero attached hydrogens (tertiary/aromatic N) is 4. The molecule has 1 fully saturated rings. The van der Waals surface area contributed by atoms with Gasteiger partial charge in [0.05, 0.1) is 34.2 Å². The molecule has 6 nitrogen and oxygen atoms in total. The normalized spacial score (nSPS) is 17.9. The van der Waals surface area contributed by atoms with Gasteiger partial charge in [0, 0.05) is 18.5 Å². The second kappa shape index (κ2) is 11.2. The molecule has 0 bridgehead atoms. The number of fused-ring (bicyclic) bond motifs is 1. The zero-order valence-corrected chi connectivity index (χ0v) is 22.4. The maximum Gasteiger partial charge on any atom is 0.269 e. The van der Waals surface area contributed by atoms with Gasteiger partial charge in [-0.25, -0.2) is 4.99 Å². The van der Waals surface area contributed by atoms with Crippen molar-refractivity contribution in [1.82, 2.24) is 4.90 Å². The van der Waals surface area contributed by atoms with Gasteiger partial charge in [-0.2, -0.15) is 5.26 Å². The third-order valence-electron chi connectivity index (χ3n) is 6.17. The quantitative estimate of drug-likeness (QED) is 0.266. The minimum absolute atomic E-state index is 0.0619. The fraction of sp³-hybridized carbons (Fsp3) is 0.207. The number of aliphatic imine (C=N–C) groups is 1. The van der Waals surface area contributed by atoms with Crippen molar-refractivity contribution in [3.8, 4) is 6.07 Å². The molecule has 0 saturated carbocycles. The van der Waals surface area contributed by atoms with Crippen LogP contribution in [0.3, 0.4) is 0 Å². The topological polar surface area (TPSA) is 71.7 Å². The molecule has 0 aliphatic carbocycles. The van der Waals surface area contributed by atoms with Gasteiger partial charge in [0.15, 0.2) is 5.17 Å². The summed E-state index contributed by atoms with van der Waals surface area (Å²) in [6.07, 6.45) is 2.12. The van der Waals surface area contributed by atoms with E-state index < -0.39 is 0 Å². The lowest BCUT2D eigenvalue weighted by Gasteiger charge is -2.17. The van der Waals surface area contributed by atoms with E-state index in [1.54, 1.807) is 22.7 Å². The fourth-order valence-corrected chi connectivity index (χ4v) is 6.53. The lowest BCUT2D eigenvalue weighted by molar-refractivity contribution is -0.122. The van der Waals surface area contributed by atoms with Crippen LogP contribution in [-0.4, -0.2) is 29.6 Å². The third-order valence-corrected chi connectivity index (χ3v) is 8.61. The molecule has 2 aliphatic rings. The van der Waals surface area contributed by atoms with Gasteiger partial charge in [-0.15, -0.1) is 0 Å². The van der Waals surface area contributed by atoms with Crippen LogP contribution in [0.1, 0.15) is 30.9 Å². The largest absolute Gasteiger partial charge is 0.384 e. The molecule has 1 amide bonds. The van der Waals surface area contributed by atoms with Crippen molar-refractivity contribution in [3.63, 3.8) is 0 Å². The molecule has 37 heavy (non-hydrogen) atoms. The van der Waals surface area contributed by atoms with E-state index in [1.807, 2.05) is 61.6 Å². The Kier molecular flexibility index (Phi) is 7.54. The Hall–Kier alpha value is -3.67. The van der Waals surface area contributed by atoms with Crippen LogP contribution in [0.2, 0.25) is 0 Å². The van der Waals surface area contributed by atoms with E-state index >= 15 is 0 Å². The molecule has 3 aromatic carbocycles. The number of nitrogens with one attached hydrogen (secondary N) is 1. The number of carbonyl (C=O) groups excluding carboxylic acids is 1. The lowest BCUT2D eigenvalue weighted by Crippen LogP contribution is -2.29. The predicted molar refractivity (Wildman–Crippen MR) is 154 cm³/mol. The van der Waals surface area contributed by atoms with Gasteiger partial charge in [0.1, 0.15) is 11.0 Å². The molecule has 3 aromatic rings. The lowest BCUT2D eigenvalue weighted by atomic mass is 10.1. The van der Waals surface area contributed by atoms with Crippen molar-refractivity contribution >= 4 is 51.7 Å². The molecule has 0 atom stereocenters. The number of anilines is 2. The summed E-state index contributed by atoms with van der Waals surface area (Å²) in [5, 5.41) is 14.6. The van der Waals surface area contributed by atoms with Crippen molar-refractivity contribution in [3.05, 3.63) is 93.9 Å². The van der Waals surface area contributed by atoms with E-state index in [2.05, 4.69) is 35.3 Å². The maximum atomic E-state index is 13.8. The summed E-state index contributed by atoms with van der Waals surface area (Å²) in [5.41, 5.74) is 4.11. The molecule has 0 unspecified atom stereocenters. The van der Waals surface area contributed by atoms with Crippen LogP contribution in [-0.2, 0) is 11.3 Å². The first kappa shape index (κ1) is 25.0. The Labute approximate surface area is 226 Å². The summed E-state index contributed by atoms with van der Waals surface area (Å²) in [4.78, 5) is 24.3. The Balaban J connectivity index is 1.51. The van der Waals surface area contributed by atoms with Gasteiger partial charge in [-0.05, 0) is 54.1 Å². The molecule has 186 valence electrons. The number of para-hydroxylation sites is 1. The number of carbonyl (C=O) groups is 1. The van der Waals surface area contributed by atoms with E-state index in [0.717, 1.165) is 46.2 Å². The summed E-state index contributed by atoms with van der Waals surface area (Å²) in [6.45, 7) is 3.38. The zero-order valence-electron chi connectivity index (χ0n) is 20.8. The number of thioether (sulfide) groups is 2. The summed E-state index contributed by atoms with van der Waals surface area (Å²) in [7, 11) is 2.00. The number of benzene rings is 3. The molecule has 0 aromatic heterocycles. The first-order valence-corrected chi connectivity index (χ1v) is 13.9. The SMILES string of the molecule is CCCCNc1ccc(N=C2S/C(=C3/Sc4ccccc4N3C)C(=O)N2Cc2ccccc2)cc1C#N. The van der Waals surface area contributed by atoms with Gasteiger partial charge in [0.2, 0.25) is 0 Å². The monoisotopic (exact) mass is 525 g/mol. The van der Waals surface area contributed by atoms with Crippen LogP contribution in [0.25, 0.3) is 0 Å². The highest BCUT2D eigenvalue weighted by molar-refractivity contribution is 8.19. The second-order valence-electron chi connectivity index (χ2n) is 8.76.